The number of rotatable bonds is 3. The maximum atomic E-state index is 5.91. The molecule has 0 spiro atoms. The van der Waals surface area contributed by atoms with E-state index in [9.17, 15) is 0 Å². The lowest BCUT2D eigenvalue weighted by Crippen LogP contribution is -2.29. The quantitative estimate of drug-likeness (QED) is 0.398. The molecule has 5 N–H and O–H groups in total. The first-order valence-corrected chi connectivity index (χ1v) is 5.02. The summed E-state index contributed by atoms with van der Waals surface area (Å²) >= 11 is 0. The van der Waals surface area contributed by atoms with Crippen molar-refractivity contribution in [2.24, 2.45) is 12.9 Å². The van der Waals surface area contributed by atoms with E-state index in [1.165, 1.54) is 0 Å². The zero-order chi connectivity index (χ0) is 11.5. The number of hydrogen-bond donors (Lipinski definition) is 3. The van der Waals surface area contributed by atoms with Gasteiger partial charge in [0, 0.05) is 18.9 Å². The Morgan fingerprint density at radius 1 is 1.31 bits per heavy atom. The minimum absolute atomic E-state index is 0.178. The van der Waals surface area contributed by atoms with Gasteiger partial charge in [-0.2, -0.15) is 5.10 Å². The molecule has 0 bridgehead atoms. The third-order valence-electron chi connectivity index (χ3n) is 2.50. The molecule has 1 unspecified atom stereocenters. The molecule has 0 saturated carbocycles. The van der Waals surface area contributed by atoms with Gasteiger partial charge < -0.3 is 5.73 Å². The molecule has 5 nitrogen and oxygen atoms in total. The summed E-state index contributed by atoms with van der Waals surface area (Å²) in [7, 11) is 1.87. The van der Waals surface area contributed by atoms with Crippen LogP contribution in [-0.2, 0) is 7.05 Å². The van der Waals surface area contributed by atoms with E-state index in [0.29, 0.717) is 5.69 Å². The van der Waals surface area contributed by atoms with Gasteiger partial charge in [-0.1, -0.05) is 18.2 Å². The van der Waals surface area contributed by atoms with Crippen molar-refractivity contribution in [3.8, 4) is 0 Å². The van der Waals surface area contributed by atoms with Gasteiger partial charge in [0.1, 0.15) is 0 Å². The maximum Gasteiger partial charge on any atom is 0.0919 e. The van der Waals surface area contributed by atoms with Crippen LogP contribution in [0.4, 0.5) is 5.69 Å². The zero-order valence-corrected chi connectivity index (χ0v) is 9.09. The fourth-order valence-corrected chi connectivity index (χ4v) is 1.70. The Balaban J connectivity index is 2.40. The number of aryl methyl sites for hydroxylation is 1. The Kier molecular flexibility index (Phi) is 2.89. The van der Waals surface area contributed by atoms with Crippen LogP contribution in [0.1, 0.15) is 17.3 Å². The largest absolute Gasteiger partial charge is 0.398 e. The van der Waals surface area contributed by atoms with Gasteiger partial charge in [0.2, 0.25) is 0 Å². The number of nitrogen functional groups attached to an aromatic ring is 1. The number of benzene rings is 1. The van der Waals surface area contributed by atoms with Gasteiger partial charge in [0.25, 0.3) is 0 Å². The fourth-order valence-electron chi connectivity index (χ4n) is 1.70. The van der Waals surface area contributed by atoms with Crippen molar-refractivity contribution in [2.45, 2.75) is 6.04 Å². The third-order valence-corrected chi connectivity index (χ3v) is 2.50. The smallest absolute Gasteiger partial charge is 0.0919 e. The standard InChI is InChI=1S/C11H15N5/c1-16-7-6-10(15-16)11(14-13)8-4-2-3-5-9(8)12/h2-7,11,14H,12-13H2,1H3. The Morgan fingerprint density at radius 2 is 2.06 bits per heavy atom. The van der Waals surface area contributed by atoms with Crippen molar-refractivity contribution in [1.82, 2.24) is 15.2 Å². The third kappa shape index (κ3) is 1.91. The predicted molar refractivity (Wildman–Crippen MR) is 63.2 cm³/mol. The Morgan fingerprint density at radius 3 is 2.62 bits per heavy atom. The molecule has 84 valence electrons. The summed E-state index contributed by atoms with van der Waals surface area (Å²) in [5.41, 5.74) is 11.1. The van der Waals surface area contributed by atoms with Gasteiger partial charge >= 0.3 is 0 Å². The molecule has 0 radical (unpaired) electrons. The van der Waals surface area contributed by atoms with Crippen LogP contribution < -0.4 is 17.0 Å². The highest BCUT2D eigenvalue weighted by molar-refractivity contribution is 5.50. The van der Waals surface area contributed by atoms with Crippen molar-refractivity contribution in [3.63, 3.8) is 0 Å². The summed E-state index contributed by atoms with van der Waals surface area (Å²) in [6, 6.07) is 9.35. The second-order valence-corrected chi connectivity index (χ2v) is 3.64. The SMILES string of the molecule is Cn1ccc(C(NN)c2ccccc2N)n1. The minimum Gasteiger partial charge on any atom is -0.398 e. The highest BCUT2D eigenvalue weighted by Crippen LogP contribution is 2.24. The van der Waals surface area contributed by atoms with Crippen molar-refractivity contribution < 1.29 is 0 Å². The lowest BCUT2D eigenvalue weighted by Gasteiger charge is -2.15. The van der Waals surface area contributed by atoms with Gasteiger partial charge in [-0.3, -0.25) is 10.5 Å². The molecule has 5 heteroatoms. The van der Waals surface area contributed by atoms with Crippen LogP contribution in [0.5, 0.6) is 0 Å². The molecule has 2 rings (SSSR count). The van der Waals surface area contributed by atoms with Crippen LogP contribution >= 0.6 is 0 Å². The average molecular weight is 217 g/mol. The van der Waals surface area contributed by atoms with E-state index in [2.05, 4.69) is 10.5 Å². The van der Waals surface area contributed by atoms with Crippen LogP contribution in [-0.4, -0.2) is 9.78 Å². The van der Waals surface area contributed by atoms with Gasteiger partial charge in [-0.25, -0.2) is 5.43 Å². The number of aromatic nitrogens is 2. The molecular formula is C11H15N5. The van der Waals surface area contributed by atoms with Crippen molar-refractivity contribution in [2.75, 3.05) is 5.73 Å². The van der Waals surface area contributed by atoms with Crippen LogP contribution in [0.25, 0.3) is 0 Å². The molecule has 0 amide bonds. The van der Waals surface area contributed by atoms with E-state index >= 15 is 0 Å². The van der Waals surface area contributed by atoms with E-state index in [4.69, 9.17) is 11.6 Å². The van der Waals surface area contributed by atoms with E-state index < -0.39 is 0 Å². The second-order valence-electron chi connectivity index (χ2n) is 3.64. The van der Waals surface area contributed by atoms with Crippen LogP contribution in [0.3, 0.4) is 0 Å². The predicted octanol–water partition coefficient (Wildman–Crippen LogP) is 0.555. The molecular weight excluding hydrogens is 202 g/mol. The Hall–Kier alpha value is -1.85. The topological polar surface area (TPSA) is 81.9 Å². The number of nitrogens with zero attached hydrogens (tertiary/aromatic N) is 2. The lowest BCUT2D eigenvalue weighted by atomic mass is 10.0. The first-order valence-electron chi connectivity index (χ1n) is 5.02. The average Bonchev–Trinajstić information content (AvgIpc) is 2.69. The van der Waals surface area contributed by atoms with Crippen molar-refractivity contribution >= 4 is 5.69 Å². The number of hydrogen-bond acceptors (Lipinski definition) is 4. The van der Waals surface area contributed by atoms with E-state index in [-0.39, 0.29) is 6.04 Å². The number of anilines is 1. The molecule has 0 aliphatic carbocycles. The fraction of sp³-hybridized carbons (Fsp3) is 0.182. The summed E-state index contributed by atoms with van der Waals surface area (Å²) < 4.78 is 1.73. The van der Waals surface area contributed by atoms with Gasteiger partial charge in [0.05, 0.1) is 11.7 Å². The normalized spacial score (nSPS) is 12.6. The molecule has 0 fully saturated rings. The van der Waals surface area contributed by atoms with Crippen LogP contribution in [0.2, 0.25) is 0 Å². The van der Waals surface area contributed by atoms with E-state index in [1.807, 2.05) is 43.6 Å². The van der Waals surface area contributed by atoms with Crippen molar-refractivity contribution in [1.29, 1.82) is 0 Å². The van der Waals surface area contributed by atoms with E-state index in [0.717, 1.165) is 11.3 Å². The molecule has 1 atom stereocenters. The molecule has 1 aromatic heterocycles. The first kappa shape index (κ1) is 10.7. The van der Waals surface area contributed by atoms with Gasteiger partial charge in [-0.15, -0.1) is 0 Å². The van der Waals surface area contributed by atoms with Gasteiger partial charge in [-0.05, 0) is 17.7 Å². The monoisotopic (exact) mass is 217 g/mol. The first-order chi connectivity index (χ1) is 7.72. The number of nitrogens with two attached hydrogens (primary N) is 2. The Bertz CT molecular complexity index is 477. The minimum atomic E-state index is -0.178. The highest BCUT2D eigenvalue weighted by atomic mass is 15.3. The summed E-state index contributed by atoms with van der Waals surface area (Å²) in [5.74, 6) is 5.56. The van der Waals surface area contributed by atoms with E-state index in [1.54, 1.807) is 4.68 Å². The van der Waals surface area contributed by atoms with Crippen molar-refractivity contribution in [3.05, 3.63) is 47.8 Å². The molecule has 1 heterocycles. The zero-order valence-electron chi connectivity index (χ0n) is 9.09. The Labute approximate surface area is 94.0 Å². The van der Waals surface area contributed by atoms with Crippen LogP contribution in [0.15, 0.2) is 36.5 Å². The van der Waals surface area contributed by atoms with Gasteiger partial charge in [0.15, 0.2) is 0 Å². The number of nitrogens with one attached hydrogen (secondary N) is 1. The molecule has 0 aliphatic rings. The maximum absolute atomic E-state index is 5.91. The molecule has 2 aromatic rings. The second kappa shape index (κ2) is 4.34. The summed E-state index contributed by atoms with van der Waals surface area (Å²) in [5, 5.41) is 4.32. The number of hydrazine groups is 1. The lowest BCUT2D eigenvalue weighted by molar-refractivity contribution is 0.605. The number of para-hydroxylation sites is 1. The van der Waals surface area contributed by atoms with Crippen LogP contribution in [0, 0.1) is 0 Å². The molecule has 1 aromatic carbocycles. The summed E-state index contributed by atoms with van der Waals surface area (Å²) in [6.45, 7) is 0. The summed E-state index contributed by atoms with van der Waals surface area (Å²) in [4.78, 5) is 0. The summed E-state index contributed by atoms with van der Waals surface area (Å²) in [6.07, 6.45) is 1.87. The molecule has 0 saturated heterocycles. The molecule has 16 heavy (non-hydrogen) atoms. The highest BCUT2D eigenvalue weighted by Gasteiger charge is 2.16. The molecule has 0 aliphatic heterocycles.